The van der Waals surface area contributed by atoms with Crippen molar-refractivity contribution >= 4 is 23.4 Å². The van der Waals surface area contributed by atoms with Crippen LogP contribution in [0.3, 0.4) is 0 Å². The van der Waals surface area contributed by atoms with Gasteiger partial charge in [-0.1, -0.05) is 0 Å². The van der Waals surface area contributed by atoms with Gasteiger partial charge in [-0.05, 0) is 51.5 Å². The molecular weight excluding hydrogens is 313 g/mol. The van der Waals surface area contributed by atoms with Crippen molar-refractivity contribution in [2.45, 2.75) is 45.9 Å². The van der Waals surface area contributed by atoms with Crippen molar-refractivity contribution in [3.63, 3.8) is 0 Å². The van der Waals surface area contributed by atoms with E-state index in [1.54, 1.807) is 27.7 Å². The Hall–Kier alpha value is -2.25. The molecule has 0 radical (unpaired) electrons. The first-order valence-corrected chi connectivity index (χ1v) is 6.83. The van der Waals surface area contributed by atoms with Crippen molar-refractivity contribution < 1.29 is 27.5 Å². The van der Waals surface area contributed by atoms with Crippen molar-refractivity contribution in [1.29, 1.82) is 0 Å². The fourth-order valence-corrected chi connectivity index (χ4v) is 1.68. The minimum Gasteiger partial charge on any atom is -0.444 e. The van der Waals surface area contributed by atoms with E-state index in [0.717, 1.165) is 0 Å². The van der Waals surface area contributed by atoms with Gasteiger partial charge in [0.1, 0.15) is 12.0 Å². The zero-order valence-electron chi connectivity index (χ0n) is 13.3. The van der Waals surface area contributed by atoms with Gasteiger partial charge in [0.05, 0.1) is 0 Å². The van der Waals surface area contributed by atoms with Gasteiger partial charge in [0.25, 0.3) is 0 Å². The number of amides is 2. The minimum absolute atomic E-state index is 0.244. The third-order valence-corrected chi connectivity index (χ3v) is 2.51. The molecule has 1 rings (SSSR count). The van der Waals surface area contributed by atoms with Crippen molar-refractivity contribution in [2.24, 2.45) is 0 Å². The van der Waals surface area contributed by atoms with E-state index in [1.165, 1.54) is 18.2 Å². The van der Waals surface area contributed by atoms with Crippen LogP contribution in [0.1, 0.15) is 32.8 Å². The van der Waals surface area contributed by atoms with Crippen LogP contribution >= 0.6 is 0 Å². The summed E-state index contributed by atoms with van der Waals surface area (Å²) in [5.74, 6) is -1.14. The lowest BCUT2D eigenvalue weighted by atomic mass is 10.1. The molecule has 0 saturated heterocycles. The Bertz CT molecular complexity index is 593. The van der Waals surface area contributed by atoms with E-state index in [4.69, 9.17) is 4.74 Å². The highest BCUT2D eigenvalue weighted by atomic mass is 19.4. The van der Waals surface area contributed by atoms with E-state index in [9.17, 15) is 22.8 Å². The van der Waals surface area contributed by atoms with Crippen LogP contribution in [0.2, 0.25) is 0 Å². The van der Waals surface area contributed by atoms with Crippen LogP contribution < -0.4 is 10.6 Å². The molecule has 128 valence electrons. The van der Waals surface area contributed by atoms with E-state index in [-0.39, 0.29) is 5.69 Å². The second-order valence-electron chi connectivity index (χ2n) is 6.00. The summed E-state index contributed by atoms with van der Waals surface area (Å²) >= 11 is 0. The fourth-order valence-electron chi connectivity index (χ4n) is 1.68. The summed E-state index contributed by atoms with van der Waals surface area (Å²) in [6, 6.07) is 4.39. The van der Waals surface area contributed by atoms with Gasteiger partial charge >= 0.3 is 12.3 Å². The lowest BCUT2D eigenvalue weighted by Gasteiger charge is -2.20. The topological polar surface area (TPSA) is 67.4 Å². The predicted molar refractivity (Wildman–Crippen MR) is 80.3 cm³/mol. The SMILES string of the molecule is Cc1cc(NC(=O)OC(C)(C)C)ccc1NC(=O)CC(F)(F)F. The van der Waals surface area contributed by atoms with Gasteiger partial charge in [-0.25, -0.2) is 4.79 Å². The van der Waals surface area contributed by atoms with Gasteiger partial charge < -0.3 is 10.1 Å². The number of hydrogen-bond acceptors (Lipinski definition) is 3. The van der Waals surface area contributed by atoms with E-state index >= 15 is 0 Å². The van der Waals surface area contributed by atoms with Crippen molar-refractivity contribution in [3.05, 3.63) is 23.8 Å². The number of anilines is 2. The first kappa shape index (κ1) is 18.8. The highest BCUT2D eigenvalue weighted by Crippen LogP contribution is 2.23. The molecule has 2 amide bonds. The molecule has 0 heterocycles. The van der Waals surface area contributed by atoms with Crippen molar-refractivity contribution in [2.75, 3.05) is 10.6 Å². The number of aryl methyl sites for hydroxylation is 1. The number of rotatable bonds is 3. The number of ether oxygens (including phenoxy) is 1. The third-order valence-electron chi connectivity index (χ3n) is 2.51. The maximum atomic E-state index is 12.1. The number of halogens is 3. The molecule has 1 aromatic carbocycles. The summed E-state index contributed by atoms with van der Waals surface area (Å²) in [5.41, 5.74) is 0.513. The Morgan fingerprint density at radius 2 is 1.74 bits per heavy atom. The molecule has 0 spiro atoms. The van der Waals surface area contributed by atoms with Gasteiger partial charge in [0.2, 0.25) is 5.91 Å². The van der Waals surface area contributed by atoms with E-state index < -0.39 is 30.2 Å². The summed E-state index contributed by atoms with van der Waals surface area (Å²) in [6.45, 7) is 6.76. The zero-order valence-corrected chi connectivity index (χ0v) is 13.3. The lowest BCUT2D eigenvalue weighted by Crippen LogP contribution is -2.27. The summed E-state index contributed by atoms with van der Waals surface area (Å²) in [6.07, 6.45) is -6.76. The predicted octanol–water partition coefficient (Wildman–Crippen LogP) is 4.23. The van der Waals surface area contributed by atoms with Crippen LogP contribution in [0.4, 0.5) is 29.3 Å². The first-order chi connectivity index (χ1) is 10.4. The molecular formula is C15H19F3N2O3. The molecule has 8 heteroatoms. The monoisotopic (exact) mass is 332 g/mol. The van der Waals surface area contributed by atoms with E-state index in [2.05, 4.69) is 10.6 Å². The van der Waals surface area contributed by atoms with Crippen molar-refractivity contribution in [3.8, 4) is 0 Å². The van der Waals surface area contributed by atoms with Gasteiger partial charge in [0, 0.05) is 11.4 Å². The Morgan fingerprint density at radius 3 is 2.22 bits per heavy atom. The van der Waals surface area contributed by atoms with Crippen molar-refractivity contribution in [1.82, 2.24) is 0 Å². The zero-order chi connectivity index (χ0) is 17.8. The molecule has 0 aromatic heterocycles. The number of carbonyl (C=O) groups is 2. The molecule has 0 aliphatic heterocycles. The van der Waals surface area contributed by atoms with Crippen LogP contribution in [-0.4, -0.2) is 23.8 Å². The molecule has 0 fully saturated rings. The fraction of sp³-hybridized carbons (Fsp3) is 0.467. The number of carbonyl (C=O) groups excluding carboxylic acids is 2. The summed E-state index contributed by atoms with van der Waals surface area (Å²) in [4.78, 5) is 22.9. The average Bonchev–Trinajstić information content (AvgIpc) is 2.27. The Kier molecular flexibility index (Phi) is 5.63. The number of hydrogen-bond donors (Lipinski definition) is 2. The van der Waals surface area contributed by atoms with Crippen LogP contribution in [0.15, 0.2) is 18.2 Å². The quantitative estimate of drug-likeness (QED) is 0.870. The molecule has 5 nitrogen and oxygen atoms in total. The summed E-state index contributed by atoms with van der Waals surface area (Å²) in [5, 5.41) is 4.69. The number of alkyl halides is 3. The van der Waals surface area contributed by atoms with Gasteiger partial charge in [-0.15, -0.1) is 0 Å². The van der Waals surface area contributed by atoms with Crippen LogP contribution in [0.25, 0.3) is 0 Å². The maximum absolute atomic E-state index is 12.1. The Morgan fingerprint density at radius 1 is 1.13 bits per heavy atom. The molecule has 0 unspecified atom stereocenters. The molecule has 2 N–H and O–H groups in total. The third kappa shape index (κ3) is 7.53. The first-order valence-electron chi connectivity index (χ1n) is 6.83. The van der Waals surface area contributed by atoms with Gasteiger partial charge in [0.15, 0.2) is 0 Å². The Labute approximate surface area is 132 Å². The molecule has 0 bridgehead atoms. The second-order valence-corrected chi connectivity index (χ2v) is 6.00. The number of benzene rings is 1. The highest BCUT2D eigenvalue weighted by molar-refractivity contribution is 5.92. The molecule has 0 aliphatic carbocycles. The lowest BCUT2D eigenvalue weighted by molar-refractivity contribution is -0.150. The Balaban J connectivity index is 2.71. The van der Waals surface area contributed by atoms with Gasteiger partial charge in [-0.3, -0.25) is 10.1 Å². The number of nitrogens with one attached hydrogen (secondary N) is 2. The second kappa shape index (κ2) is 6.89. The largest absolute Gasteiger partial charge is 0.444 e. The molecule has 0 saturated carbocycles. The van der Waals surface area contributed by atoms with E-state index in [1.807, 2.05) is 0 Å². The van der Waals surface area contributed by atoms with Crippen LogP contribution in [0.5, 0.6) is 0 Å². The maximum Gasteiger partial charge on any atom is 0.412 e. The minimum atomic E-state index is -4.56. The average molecular weight is 332 g/mol. The summed E-state index contributed by atoms with van der Waals surface area (Å²) < 4.78 is 41.5. The molecule has 0 atom stereocenters. The molecule has 0 aliphatic rings. The summed E-state index contributed by atoms with van der Waals surface area (Å²) in [7, 11) is 0. The normalized spacial score (nSPS) is 11.8. The molecule has 1 aromatic rings. The van der Waals surface area contributed by atoms with Crippen LogP contribution in [0, 0.1) is 6.92 Å². The highest BCUT2D eigenvalue weighted by Gasteiger charge is 2.31. The van der Waals surface area contributed by atoms with Gasteiger partial charge in [-0.2, -0.15) is 13.2 Å². The van der Waals surface area contributed by atoms with Crippen LogP contribution in [-0.2, 0) is 9.53 Å². The van der Waals surface area contributed by atoms with E-state index in [0.29, 0.717) is 11.3 Å². The smallest absolute Gasteiger partial charge is 0.412 e. The standard InChI is InChI=1S/C15H19F3N2O3/c1-9-7-10(19-13(22)23-14(2,3)4)5-6-11(9)20-12(21)8-15(16,17)18/h5-7H,8H2,1-4H3,(H,19,22)(H,20,21). The molecule has 23 heavy (non-hydrogen) atoms.